The van der Waals surface area contributed by atoms with E-state index < -0.39 is 64.2 Å². The van der Waals surface area contributed by atoms with Crippen LogP contribution in [0.5, 0.6) is 5.75 Å². The standard InChI is InChI=1S/C42H37N9O19S6/c52-38-35-24-31(46-42-48-40(47-41(49-42)45-29-11-17-34(18-12-29)75(60,61)62)44-28-9-15-33(16-10-28)74(58,59)22-20-71-69-67-54)6-3-26(35)23-36(72-70-68-55)37(38)51-50-30-4-1-25(2-5-30)39(53)43-27-7-13-32(14-8-27)73(56,57)21-19-66-76(63,64)65/h1-18,23-24,52,54-55H,19-22H2,(H,43,53)(H,60,61,62)(H,63,64,65)(H3,44,45,46,47,48,49). The zero-order chi connectivity index (χ0) is 54.7. The SMILES string of the molecule is O=C(Nc1ccc(S(=O)(=O)CCOS(=O)(=O)O)cc1)c1ccc(N=Nc2c(SOOO)cc3ccc(Nc4nc(Nc5ccc(S(=O)(=O)O)cc5)nc(Nc5ccc(S(=O)(=O)CCSOOO)cc5)n4)cc3c2O)cc1. The number of carbonyl (C=O) groups excluding carboxylic acids is 1. The van der Waals surface area contributed by atoms with E-state index in [0.29, 0.717) is 46.5 Å². The van der Waals surface area contributed by atoms with Gasteiger partial charge in [-0.25, -0.2) is 31.5 Å². The fourth-order valence-corrected chi connectivity index (χ4v) is 10.9. The van der Waals surface area contributed by atoms with E-state index >= 15 is 0 Å². The maximum atomic E-state index is 13.0. The lowest BCUT2D eigenvalue weighted by atomic mass is 10.1. The van der Waals surface area contributed by atoms with Crippen LogP contribution in [0.2, 0.25) is 0 Å². The van der Waals surface area contributed by atoms with Crippen LogP contribution in [0, 0.1) is 0 Å². The van der Waals surface area contributed by atoms with E-state index in [9.17, 15) is 48.1 Å². The molecule has 400 valence electrons. The number of aromatic nitrogens is 3. The van der Waals surface area contributed by atoms with Gasteiger partial charge in [0.2, 0.25) is 17.8 Å². The molecule has 1 heterocycles. The number of anilines is 7. The lowest BCUT2D eigenvalue weighted by molar-refractivity contribution is -0.432. The molecule has 7 aromatic rings. The van der Waals surface area contributed by atoms with Gasteiger partial charge in [-0.05, 0) is 121 Å². The number of fused-ring (bicyclic) bond motifs is 1. The fourth-order valence-electron chi connectivity index (χ4n) is 6.44. The molecule has 0 aliphatic heterocycles. The summed E-state index contributed by atoms with van der Waals surface area (Å²) in [4.78, 5) is 25.9. The molecule has 0 fully saturated rings. The summed E-state index contributed by atoms with van der Waals surface area (Å²) in [6, 6.07) is 27.6. The normalized spacial score (nSPS) is 12.2. The number of hydrogen-bond acceptors (Lipinski definition) is 27. The number of nitrogens with one attached hydrogen (secondary N) is 4. The summed E-state index contributed by atoms with van der Waals surface area (Å²) in [6.07, 6.45) is 0. The molecule has 0 spiro atoms. The molecule has 28 nitrogen and oxygen atoms in total. The van der Waals surface area contributed by atoms with Gasteiger partial charge in [-0.15, -0.1) is 13.8 Å². The minimum Gasteiger partial charge on any atom is -0.505 e. The molecule has 76 heavy (non-hydrogen) atoms. The largest absolute Gasteiger partial charge is 0.505 e. The van der Waals surface area contributed by atoms with Crippen molar-refractivity contribution in [3.63, 3.8) is 0 Å². The third-order valence-electron chi connectivity index (χ3n) is 9.94. The number of carbonyl (C=O) groups is 1. The number of nitrogens with zero attached hydrogens (tertiary/aromatic N) is 5. The summed E-state index contributed by atoms with van der Waals surface area (Å²) in [5.41, 5.74) is 1.40. The van der Waals surface area contributed by atoms with Crippen LogP contribution in [0.15, 0.2) is 151 Å². The summed E-state index contributed by atoms with van der Waals surface area (Å²) in [6.45, 7) is -0.811. The third kappa shape index (κ3) is 15.8. The van der Waals surface area contributed by atoms with Crippen LogP contribution in [-0.4, -0.2) is 103 Å². The van der Waals surface area contributed by atoms with Crippen LogP contribution in [0.1, 0.15) is 10.4 Å². The molecule has 0 radical (unpaired) electrons. The van der Waals surface area contributed by atoms with Gasteiger partial charge in [0.25, 0.3) is 16.0 Å². The highest BCUT2D eigenvalue weighted by Crippen LogP contribution is 2.45. The van der Waals surface area contributed by atoms with E-state index in [2.05, 4.69) is 69.4 Å². The Hall–Kier alpha value is -7.00. The monoisotopic (exact) mass is 1160 g/mol. The Bertz CT molecular complexity index is 3720. The number of hydrogen-bond donors (Lipinski definition) is 9. The summed E-state index contributed by atoms with van der Waals surface area (Å²) in [5, 5.41) is 56.7. The minimum absolute atomic E-state index is 0.0177. The van der Waals surface area contributed by atoms with E-state index in [1.165, 1.54) is 91.0 Å². The van der Waals surface area contributed by atoms with Gasteiger partial charge in [0, 0.05) is 51.5 Å². The Morgan fingerprint density at radius 1 is 0.592 bits per heavy atom. The van der Waals surface area contributed by atoms with Crippen LogP contribution < -0.4 is 21.3 Å². The average Bonchev–Trinajstić information content (AvgIpc) is 3.38. The van der Waals surface area contributed by atoms with Crippen molar-refractivity contribution in [1.29, 1.82) is 0 Å². The van der Waals surface area contributed by atoms with Gasteiger partial charge in [-0.1, -0.05) is 16.1 Å². The summed E-state index contributed by atoms with van der Waals surface area (Å²) >= 11 is 1.08. The molecule has 0 saturated carbocycles. The molecule has 1 amide bonds. The maximum Gasteiger partial charge on any atom is 0.397 e. The Balaban J connectivity index is 1.11. The smallest absolute Gasteiger partial charge is 0.397 e. The van der Waals surface area contributed by atoms with Gasteiger partial charge in [0.1, 0.15) is 5.69 Å². The summed E-state index contributed by atoms with van der Waals surface area (Å²) in [5.74, 6) is -2.35. The number of amides is 1. The number of sulfone groups is 2. The van der Waals surface area contributed by atoms with Crippen molar-refractivity contribution in [1.82, 2.24) is 15.0 Å². The molecule has 0 bridgehead atoms. The van der Waals surface area contributed by atoms with E-state index in [0.717, 1.165) is 12.1 Å². The van der Waals surface area contributed by atoms with Gasteiger partial charge in [0.05, 0.1) is 55.4 Å². The molecule has 0 atom stereocenters. The van der Waals surface area contributed by atoms with Crippen molar-refractivity contribution < 1.29 is 86.1 Å². The van der Waals surface area contributed by atoms with Crippen LogP contribution in [0.25, 0.3) is 10.8 Å². The number of rotatable bonds is 25. The zero-order valence-electron chi connectivity index (χ0n) is 38.0. The average molecular weight is 1160 g/mol. The molecule has 0 aliphatic rings. The Morgan fingerprint density at radius 2 is 1.11 bits per heavy atom. The molecule has 34 heteroatoms. The van der Waals surface area contributed by atoms with E-state index in [1.54, 1.807) is 18.2 Å². The summed E-state index contributed by atoms with van der Waals surface area (Å²) < 4.78 is 126. The highest BCUT2D eigenvalue weighted by molar-refractivity contribution is 7.97. The van der Waals surface area contributed by atoms with Gasteiger partial charge in [-0.3, -0.25) is 13.9 Å². The first-order valence-electron chi connectivity index (χ1n) is 20.9. The molecule has 1 aromatic heterocycles. The lowest BCUT2D eigenvalue weighted by Crippen LogP contribution is -2.15. The lowest BCUT2D eigenvalue weighted by Gasteiger charge is -2.13. The highest BCUT2D eigenvalue weighted by atomic mass is 32.3. The quantitative estimate of drug-likeness (QED) is 0.00659. The molecule has 0 unspecified atom stereocenters. The van der Waals surface area contributed by atoms with Crippen LogP contribution in [0.3, 0.4) is 0 Å². The zero-order valence-corrected chi connectivity index (χ0v) is 42.9. The topological polar surface area (TPSA) is 412 Å². The Kier molecular flexibility index (Phi) is 18.5. The molecular weight excluding hydrogens is 1130 g/mol. The second kappa shape index (κ2) is 24.8. The maximum absolute atomic E-state index is 13.0. The minimum atomic E-state index is -4.83. The Labute approximate surface area is 439 Å². The van der Waals surface area contributed by atoms with Crippen molar-refractivity contribution in [3.05, 3.63) is 127 Å². The fraction of sp³-hybridized carbons (Fsp3) is 0.0952. The highest BCUT2D eigenvalue weighted by Gasteiger charge is 2.20. The third-order valence-corrected chi connectivity index (χ3v) is 16.1. The van der Waals surface area contributed by atoms with Crippen molar-refractivity contribution in [2.24, 2.45) is 10.2 Å². The van der Waals surface area contributed by atoms with Gasteiger partial charge in [-0.2, -0.15) is 36.9 Å². The first-order valence-corrected chi connectivity index (χ1v) is 28.6. The molecule has 0 saturated heterocycles. The molecule has 0 aliphatic carbocycles. The molecule has 6 aromatic carbocycles. The second-order valence-electron chi connectivity index (χ2n) is 15.0. The number of aromatic hydroxyl groups is 1. The van der Waals surface area contributed by atoms with Gasteiger partial charge in [0.15, 0.2) is 25.4 Å². The van der Waals surface area contributed by atoms with E-state index in [1.807, 2.05) is 0 Å². The first kappa shape index (κ1) is 56.7. The van der Waals surface area contributed by atoms with Gasteiger partial charge < -0.3 is 26.4 Å². The van der Waals surface area contributed by atoms with Crippen LogP contribution in [0.4, 0.5) is 52.0 Å². The number of phenolic OH excluding ortho intramolecular Hbond substituents is 1. The number of benzene rings is 6. The van der Waals surface area contributed by atoms with Crippen molar-refractivity contribution in [2.75, 3.05) is 45.1 Å². The second-order valence-corrected chi connectivity index (χ2v) is 23.3. The van der Waals surface area contributed by atoms with Crippen molar-refractivity contribution in [2.45, 2.75) is 19.6 Å². The number of phenols is 1. The molecule has 7 rings (SSSR count). The first-order chi connectivity index (χ1) is 36.1. The molecular formula is C42H37N9O19S6. The van der Waals surface area contributed by atoms with Gasteiger partial charge >= 0.3 is 10.4 Å². The van der Waals surface area contributed by atoms with Crippen molar-refractivity contribution in [3.8, 4) is 5.75 Å². The Morgan fingerprint density at radius 3 is 1.64 bits per heavy atom. The predicted octanol–water partition coefficient (Wildman–Crippen LogP) is 7.74. The van der Waals surface area contributed by atoms with E-state index in [4.69, 9.17) is 15.1 Å². The number of azo groups is 1. The summed E-state index contributed by atoms with van der Waals surface area (Å²) in [7, 11) is -17.1. The van der Waals surface area contributed by atoms with Crippen LogP contribution in [-0.2, 0) is 63.1 Å². The predicted molar refractivity (Wildman–Crippen MR) is 273 cm³/mol. The van der Waals surface area contributed by atoms with Crippen molar-refractivity contribution >= 4 is 133 Å². The van der Waals surface area contributed by atoms with E-state index in [-0.39, 0.29) is 76.9 Å². The van der Waals surface area contributed by atoms with Crippen LogP contribution >= 0.6 is 24.1 Å². The molecule has 9 N–H and O–H groups in total.